The maximum absolute atomic E-state index is 11.7. The first-order chi connectivity index (χ1) is 9.78. The summed E-state index contributed by atoms with van der Waals surface area (Å²) in [6.45, 7) is 14.8. The Morgan fingerprint density at radius 2 is 1.48 bits per heavy atom. The van der Waals surface area contributed by atoms with Crippen LogP contribution in [-0.2, 0) is 19.1 Å². The number of rotatable bonds is 10. The molecular formula is C17H28O4. The molecule has 0 aromatic carbocycles. The highest BCUT2D eigenvalue weighted by Crippen LogP contribution is 2.28. The van der Waals surface area contributed by atoms with Gasteiger partial charge in [0, 0.05) is 11.1 Å². The Morgan fingerprint density at radius 1 is 0.952 bits per heavy atom. The summed E-state index contributed by atoms with van der Waals surface area (Å²) in [4.78, 5) is 23.0. The molecule has 0 aromatic heterocycles. The van der Waals surface area contributed by atoms with Crippen LogP contribution < -0.4 is 0 Å². The van der Waals surface area contributed by atoms with Crippen LogP contribution in [0, 0.1) is 0 Å². The van der Waals surface area contributed by atoms with Crippen molar-refractivity contribution < 1.29 is 19.1 Å². The van der Waals surface area contributed by atoms with Crippen LogP contribution >= 0.6 is 0 Å². The van der Waals surface area contributed by atoms with Gasteiger partial charge in [-0.3, -0.25) is 0 Å². The number of unbranched alkanes of at least 4 members (excludes halogenated alkanes) is 1. The maximum Gasteiger partial charge on any atom is 0.333 e. The molecule has 0 unspecified atom stereocenters. The van der Waals surface area contributed by atoms with Crippen molar-refractivity contribution in [2.75, 3.05) is 6.61 Å². The summed E-state index contributed by atoms with van der Waals surface area (Å²) in [5.41, 5.74) is 0.368. The zero-order valence-electron chi connectivity index (χ0n) is 13.8. The van der Waals surface area contributed by atoms with Crippen molar-refractivity contribution in [2.45, 2.75) is 65.4 Å². The normalized spacial score (nSPS) is 10.9. The van der Waals surface area contributed by atoms with Crippen molar-refractivity contribution in [3.05, 3.63) is 24.3 Å². The van der Waals surface area contributed by atoms with Crippen LogP contribution in [0.2, 0.25) is 0 Å². The lowest BCUT2D eigenvalue weighted by molar-refractivity contribution is -0.156. The van der Waals surface area contributed by atoms with Gasteiger partial charge in [-0.25, -0.2) is 9.59 Å². The van der Waals surface area contributed by atoms with Crippen molar-refractivity contribution in [3.8, 4) is 0 Å². The van der Waals surface area contributed by atoms with Crippen molar-refractivity contribution in [2.24, 2.45) is 0 Å². The Morgan fingerprint density at radius 3 is 1.90 bits per heavy atom. The molecule has 0 N–H and O–H groups in total. The molecule has 0 aromatic rings. The van der Waals surface area contributed by atoms with Crippen LogP contribution in [0.25, 0.3) is 0 Å². The third kappa shape index (κ3) is 7.11. The van der Waals surface area contributed by atoms with E-state index in [0.29, 0.717) is 17.8 Å². The average Bonchev–Trinajstić information content (AvgIpc) is 2.44. The van der Waals surface area contributed by atoms with Gasteiger partial charge in [-0.15, -0.1) is 0 Å². The van der Waals surface area contributed by atoms with E-state index in [1.807, 2.05) is 13.8 Å². The van der Waals surface area contributed by atoms with E-state index in [0.717, 1.165) is 32.1 Å². The van der Waals surface area contributed by atoms with Crippen LogP contribution in [0.15, 0.2) is 24.3 Å². The highest BCUT2D eigenvalue weighted by Gasteiger charge is 2.30. The fourth-order valence-electron chi connectivity index (χ4n) is 1.92. The van der Waals surface area contributed by atoms with Gasteiger partial charge in [0.25, 0.3) is 0 Å². The Labute approximate surface area is 128 Å². The zero-order chi connectivity index (χ0) is 16.5. The quantitative estimate of drug-likeness (QED) is 0.348. The minimum Gasteiger partial charge on any atom is -0.462 e. The molecule has 0 fully saturated rings. The first kappa shape index (κ1) is 19.4. The molecule has 21 heavy (non-hydrogen) atoms. The van der Waals surface area contributed by atoms with Crippen LogP contribution in [0.5, 0.6) is 0 Å². The highest BCUT2D eigenvalue weighted by molar-refractivity contribution is 5.87. The van der Waals surface area contributed by atoms with E-state index in [2.05, 4.69) is 13.2 Å². The monoisotopic (exact) mass is 296 g/mol. The molecule has 0 spiro atoms. The lowest BCUT2D eigenvalue weighted by Crippen LogP contribution is -2.34. The molecule has 0 atom stereocenters. The molecule has 4 heteroatoms. The minimum atomic E-state index is -0.450. The van der Waals surface area contributed by atoms with E-state index in [1.165, 1.54) is 0 Å². The highest BCUT2D eigenvalue weighted by atomic mass is 16.6. The molecule has 0 saturated heterocycles. The van der Waals surface area contributed by atoms with E-state index < -0.39 is 5.60 Å². The van der Waals surface area contributed by atoms with E-state index in [4.69, 9.17) is 9.47 Å². The Balaban J connectivity index is 4.27. The first-order valence-electron chi connectivity index (χ1n) is 7.49. The van der Waals surface area contributed by atoms with Gasteiger partial charge in [-0.2, -0.15) is 0 Å². The van der Waals surface area contributed by atoms with E-state index >= 15 is 0 Å². The molecule has 0 bridgehead atoms. The third-order valence-electron chi connectivity index (χ3n) is 3.55. The molecule has 120 valence electrons. The second-order valence-corrected chi connectivity index (χ2v) is 5.43. The smallest absolute Gasteiger partial charge is 0.333 e. The molecule has 0 radical (unpaired) electrons. The molecular weight excluding hydrogens is 268 g/mol. The third-order valence-corrected chi connectivity index (χ3v) is 3.55. The number of hydrogen-bond acceptors (Lipinski definition) is 4. The SMILES string of the molecule is C=C(C)C(=O)OCCCCC(CC)(CC)OC(=O)C(=C)C. The lowest BCUT2D eigenvalue weighted by atomic mass is 9.90. The van der Waals surface area contributed by atoms with Gasteiger partial charge in [0.1, 0.15) is 5.60 Å². The van der Waals surface area contributed by atoms with Crippen molar-refractivity contribution in [1.82, 2.24) is 0 Å². The van der Waals surface area contributed by atoms with Gasteiger partial charge in [0.05, 0.1) is 6.61 Å². The molecule has 0 heterocycles. The fourth-order valence-corrected chi connectivity index (χ4v) is 1.92. The molecule has 0 saturated carbocycles. The van der Waals surface area contributed by atoms with Crippen molar-refractivity contribution in [1.29, 1.82) is 0 Å². The predicted molar refractivity (Wildman–Crippen MR) is 83.8 cm³/mol. The molecule has 0 rings (SSSR count). The topological polar surface area (TPSA) is 52.6 Å². The van der Waals surface area contributed by atoms with Crippen LogP contribution in [0.3, 0.4) is 0 Å². The second-order valence-electron chi connectivity index (χ2n) is 5.43. The lowest BCUT2D eigenvalue weighted by Gasteiger charge is -2.31. The van der Waals surface area contributed by atoms with Crippen LogP contribution in [0.4, 0.5) is 0 Å². The number of esters is 2. The molecule has 0 aliphatic heterocycles. The Hall–Kier alpha value is -1.58. The van der Waals surface area contributed by atoms with Gasteiger partial charge in [-0.05, 0) is 46.0 Å². The van der Waals surface area contributed by atoms with Crippen LogP contribution in [0.1, 0.15) is 59.8 Å². The summed E-state index contributed by atoms with van der Waals surface area (Å²) >= 11 is 0. The van der Waals surface area contributed by atoms with Crippen molar-refractivity contribution >= 4 is 11.9 Å². The van der Waals surface area contributed by atoms with Gasteiger partial charge >= 0.3 is 11.9 Å². The van der Waals surface area contributed by atoms with Gasteiger partial charge < -0.3 is 9.47 Å². The summed E-state index contributed by atoms with van der Waals surface area (Å²) in [6.07, 6.45) is 3.84. The summed E-state index contributed by atoms with van der Waals surface area (Å²) in [5, 5.41) is 0. The molecule has 0 aliphatic rings. The maximum atomic E-state index is 11.7. The molecule has 0 aliphatic carbocycles. The van der Waals surface area contributed by atoms with E-state index in [1.54, 1.807) is 13.8 Å². The number of hydrogen-bond donors (Lipinski definition) is 0. The van der Waals surface area contributed by atoms with Gasteiger partial charge in [0.15, 0.2) is 0 Å². The van der Waals surface area contributed by atoms with Gasteiger partial charge in [-0.1, -0.05) is 27.0 Å². The Kier molecular flexibility index (Phi) is 8.67. The van der Waals surface area contributed by atoms with E-state index in [9.17, 15) is 9.59 Å². The van der Waals surface area contributed by atoms with Crippen LogP contribution in [-0.4, -0.2) is 24.1 Å². The first-order valence-corrected chi connectivity index (χ1v) is 7.49. The minimum absolute atomic E-state index is 0.340. The fraction of sp³-hybridized carbons (Fsp3) is 0.647. The van der Waals surface area contributed by atoms with Crippen molar-refractivity contribution in [3.63, 3.8) is 0 Å². The van der Waals surface area contributed by atoms with E-state index in [-0.39, 0.29) is 11.9 Å². The summed E-state index contributed by atoms with van der Waals surface area (Å²) in [6, 6.07) is 0. The molecule has 4 nitrogen and oxygen atoms in total. The Bertz CT molecular complexity index is 392. The summed E-state index contributed by atoms with van der Waals surface area (Å²) in [7, 11) is 0. The average molecular weight is 296 g/mol. The predicted octanol–water partition coefficient (Wildman–Crippen LogP) is 3.95. The molecule has 0 amide bonds. The summed E-state index contributed by atoms with van der Waals surface area (Å²) in [5.74, 6) is -0.701. The standard InChI is InChI=1S/C17H28O4/c1-7-17(8-2,21-16(19)14(5)6)11-9-10-12-20-15(18)13(3)4/h3,5,7-12H2,1-2,4,6H3. The largest absolute Gasteiger partial charge is 0.462 e. The van der Waals surface area contributed by atoms with Gasteiger partial charge in [0.2, 0.25) is 0 Å². The zero-order valence-corrected chi connectivity index (χ0v) is 13.8. The number of carbonyl (C=O) groups is 2. The number of ether oxygens (including phenoxy) is 2. The second kappa shape index (κ2) is 9.37. The summed E-state index contributed by atoms with van der Waals surface area (Å²) < 4.78 is 10.6. The number of carbonyl (C=O) groups excluding carboxylic acids is 2.